The molecule has 0 fully saturated rings. The van der Waals surface area contributed by atoms with E-state index < -0.39 is 0 Å². The highest BCUT2D eigenvalue weighted by atomic mass is 35.5. The molecule has 1 atom stereocenters. The molecule has 0 aliphatic carbocycles. The van der Waals surface area contributed by atoms with Crippen LogP contribution in [0.2, 0.25) is 5.02 Å². The first-order valence-corrected chi connectivity index (χ1v) is 7.41. The van der Waals surface area contributed by atoms with Crippen LogP contribution in [0.15, 0.2) is 23.6 Å². The van der Waals surface area contributed by atoms with Gasteiger partial charge in [0, 0.05) is 10.9 Å². The number of hydrogen-bond donors (Lipinski definition) is 1. The Hall–Kier alpha value is -1.03. The van der Waals surface area contributed by atoms with Gasteiger partial charge in [-0.2, -0.15) is 0 Å². The molecule has 0 aliphatic rings. The van der Waals surface area contributed by atoms with E-state index in [1.807, 2.05) is 24.4 Å². The SMILES string of the molecule is COc1ccc(C)cc1CC(N)c1scc(C)c1Cl. The third-order valence-corrected chi connectivity index (χ3v) is 4.98. The van der Waals surface area contributed by atoms with Crippen molar-refractivity contribution in [3.8, 4) is 5.75 Å². The highest BCUT2D eigenvalue weighted by Gasteiger charge is 2.16. The molecule has 1 heterocycles. The Bertz CT molecular complexity index is 580. The largest absolute Gasteiger partial charge is 0.496 e. The van der Waals surface area contributed by atoms with Crippen LogP contribution in [-0.2, 0) is 6.42 Å². The normalized spacial score (nSPS) is 12.5. The van der Waals surface area contributed by atoms with Crippen molar-refractivity contribution in [2.75, 3.05) is 7.11 Å². The van der Waals surface area contributed by atoms with Crippen molar-refractivity contribution in [2.24, 2.45) is 5.73 Å². The van der Waals surface area contributed by atoms with Gasteiger partial charge in [-0.1, -0.05) is 29.3 Å². The van der Waals surface area contributed by atoms with Crippen LogP contribution in [0.25, 0.3) is 0 Å². The van der Waals surface area contributed by atoms with E-state index in [1.54, 1.807) is 18.4 Å². The lowest BCUT2D eigenvalue weighted by molar-refractivity contribution is 0.408. The molecule has 0 saturated carbocycles. The highest BCUT2D eigenvalue weighted by molar-refractivity contribution is 7.10. The average Bonchev–Trinajstić information content (AvgIpc) is 2.70. The molecule has 1 aromatic carbocycles. The topological polar surface area (TPSA) is 35.2 Å². The number of nitrogens with two attached hydrogens (primary N) is 1. The van der Waals surface area contributed by atoms with Gasteiger partial charge in [-0.3, -0.25) is 0 Å². The summed E-state index contributed by atoms with van der Waals surface area (Å²) in [6.07, 6.45) is 0.727. The molecule has 2 rings (SSSR count). The van der Waals surface area contributed by atoms with E-state index >= 15 is 0 Å². The predicted molar refractivity (Wildman–Crippen MR) is 82.4 cm³/mol. The number of halogens is 1. The summed E-state index contributed by atoms with van der Waals surface area (Å²) in [5.41, 5.74) is 9.70. The minimum Gasteiger partial charge on any atom is -0.496 e. The Labute approximate surface area is 123 Å². The lowest BCUT2D eigenvalue weighted by Crippen LogP contribution is -2.13. The van der Waals surface area contributed by atoms with Crippen LogP contribution in [0, 0.1) is 13.8 Å². The molecule has 102 valence electrons. The minimum absolute atomic E-state index is 0.0955. The maximum atomic E-state index is 6.29. The van der Waals surface area contributed by atoms with Gasteiger partial charge in [0.05, 0.1) is 12.1 Å². The summed E-state index contributed by atoms with van der Waals surface area (Å²) in [6, 6.07) is 6.05. The summed E-state index contributed by atoms with van der Waals surface area (Å²) in [5.74, 6) is 0.880. The molecule has 0 bridgehead atoms. The second-order valence-corrected chi connectivity index (χ2v) is 6.01. The average molecular weight is 296 g/mol. The van der Waals surface area contributed by atoms with E-state index in [4.69, 9.17) is 22.1 Å². The minimum atomic E-state index is -0.0955. The number of ether oxygens (including phenoxy) is 1. The first-order valence-electron chi connectivity index (χ1n) is 6.15. The number of hydrogen-bond acceptors (Lipinski definition) is 3. The zero-order chi connectivity index (χ0) is 14.0. The number of methoxy groups -OCH3 is 1. The Kier molecular flexibility index (Phi) is 4.50. The molecule has 0 amide bonds. The van der Waals surface area contributed by atoms with Gasteiger partial charge in [0.15, 0.2) is 0 Å². The zero-order valence-electron chi connectivity index (χ0n) is 11.4. The van der Waals surface area contributed by atoms with E-state index in [2.05, 4.69) is 13.0 Å². The van der Waals surface area contributed by atoms with Crippen LogP contribution in [0.4, 0.5) is 0 Å². The fraction of sp³-hybridized carbons (Fsp3) is 0.333. The molecule has 0 radical (unpaired) electrons. The van der Waals surface area contributed by atoms with E-state index in [0.29, 0.717) is 0 Å². The van der Waals surface area contributed by atoms with Crippen molar-refractivity contribution in [2.45, 2.75) is 26.3 Å². The maximum Gasteiger partial charge on any atom is 0.122 e. The van der Waals surface area contributed by atoms with Crippen LogP contribution in [0.1, 0.15) is 27.6 Å². The third-order valence-electron chi connectivity index (χ3n) is 3.14. The lowest BCUT2D eigenvalue weighted by Gasteiger charge is -2.14. The van der Waals surface area contributed by atoms with Gasteiger partial charge in [0.1, 0.15) is 5.75 Å². The van der Waals surface area contributed by atoms with Gasteiger partial charge in [0.2, 0.25) is 0 Å². The molecule has 1 unspecified atom stereocenters. The van der Waals surface area contributed by atoms with Crippen LogP contribution in [0.5, 0.6) is 5.75 Å². The highest BCUT2D eigenvalue weighted by Crippen LogP contribution is 2.34. The predicted octanol–water partition coefficient (Wildman–Crippen LogP) is 4.27. The third kappa shape index (κ3) is 3.11. The Morgan fingerprint density at radius 1 is 1.37 bits per heavy atom. The van der Waals surface area contributed by atoms with Crippen molar-refractivity contribution < 1.29 is 4.74 Å². The van der Waals surface area contributed by atoms with Crippen molar-refractivity contribution in [1.82, 2.24) is 0 Å². The monoisotopic (exact) mass is 295 g/mol. The quantitative estimate of drug-likeness (QED) is 0.914. The van der Waals surface area contributed by atoms with E-state index in [9.17, 15) is 0 Å². The van der Waals surface area contributed by atoms with E-state index in [0.717, 1.165) is 33.2 Å². The second kappa shape index (κ2) is 5.95. The molecule has 2 N–H and O–H groups in total. The molecule has 0 aliphatic heterocycles. The van der Waals surface area contributed by atoms with Crippen LogP contribution >= 0.6 is 22.9 Å². The van der Waals surface area contributed by atoms with Gasteiger partial charge in [-0.05, 0) is 42.8 Å². The number of aryl methyl sites for hydroxylation is 2. The van der Waals surface area contributed by atoms with E-state index in [-0.39, 0.29) is 6.04 Å². The molecule has 0 saturated heterocycles. The number of rotatable bonds is 4. The van der Waals surface area contributed by atoms with Gasteiger partial charge in [0.25, 0.3) is 0 Å². The van der Waals surface area contributed by atoms with Crippen molar-refractivity contribution in [1.29, 1.82) is 0 Å². The molecule has 4 heteroatoms. The number of thiophene rings is 1. The van der Waals surface area contributed by atoms with Gasteiger partial charge in [-0.25, -0.2) is 0 Å². The Balaban J connectivity index is 2.26. The van der Waals surface area contributed by atoms with Gasteiger partial charge < -0.3 is 10.5 Å². The van der Waals surface area contributed by atoms with Crippen molar-refractivity contribution in [3.63, 3.8) is 0 Å². The molecular formula is C15H18ClNOS. The van der Waals surface area contributed by atoms with Crippen LogP contribution in [-0.4, -0.2) is 7.11 Å². The maximum absolute atomic E-state index is 6.29. The van der Waals surface area contributed by atoms with Crippen LogP contribution < -0.4 is 10.5 Å². The van der Waals surface area contributed by atoms with Crippen molar-refractivity contribution >= 4 is 22.9 Å². The summed E-state index contributed by atoms with van der Waals surface area (Å²) in [5, 5.41) is 2.84. The molecule has 2 nitrogen and oxygen atoms in total. The molecular weight excluding hydrogens is 278 g/mol. The zero-order valence-corrected chi connectivity index (χ0v) is 12.9. The summed E-state index contributed by atoms with van der Waals surface area (Å²) in [6.45, 7) is 4.07. The van der Waals surface area contributed by atoms with Gasteiger partial charge >= 0.3 is 0 Å². The second-order valence-electron chi connectivity index (χ2n) is 4.72. The molecule has 19 heavy (non-hydrogen) atoms. The fourth-order valence-corrected chi connectivity index (χ4v) is 3.43. The van der Waals surface area contributed by atoms with Crippen molar-refractivity contribution in [3.05, 3.63) is 50.2 Å². The summed E-state index contributed by atoms with van der Waals surface area (Å²) >= 11 is 7.90. The fourth-order valence-electron chi connectivity index (χ4n) is 2.10. The van der Waals surface area contributed by atoms with E-state index in [1.165, 1.54) is 5.56 Å². The van der Waals surface area contributed by atoms with Crippen LogP contribution in [0.3, 0.4) is 0 Å². The first kappa shape index (κ1) is 14.4. The smallest absolute Gasteiger partial charge is 0.122 e. The first-order chi connectivity index (χ1) is 9.02. The Morgan fingerprint density at radius 2 is 2.11 bits per heavy atom. The standard InChI is InChI=1S/C15H18ClNOS/c1-9-4-5-13(18-3)11(6-9)7-12(17)15-14(16)10(2)8-19-15/h4-6,8,12H,7,17H2,1-3H3. The number of benzene rings is 1. The van der Waals surface area contributed by atoms with Gasteiger partial charge in [-0.15, -0.1) is 11.3 Å². The summed E-state index contributed by atoms with van der Waals surface area (Å²) in [4.78, 5) is 1.04. The Morgan fingerprint density at radius 3 is 2.68 bits per heavy atom. The molecule has 0 spiro atoms. The lowest BCUT2D eigenvalue weighted by atomic mass is 10.0. The summed E-state index contributed by atoms with van der Waals surface area (Å²) in [7, 11) is 1.68. The summed E-state index contributed by atoms with van der Waals surface area (Å²) < 4.78 is 5.39. The molecule has 1 aromatic heterocycles. The molecule has 2 aromatic rings.